The van der Waals surface area contributed by atoms with Gasteiger partial charge in [0.1, 0.15) is 12.6 Å². The number of aryl methyl sites for hydroxylation is 2. The van der Waals surface area contributed by atoms with Gasteiger partial charge in [-0.1, -0.05) is 79.9 Å². The molecule has 1 atom stereocenters. The molecule has 226 valence electrons. The molecule has 0 aliphatic heterocycles. The Morgan fingerprint density at radius 1 is 0.929 bits per heavy atom. The zero-order valence-corrected chi connectivity index (χ0v) is 27.3. The van der Waals surface area contributed by atoms with E-state index in [4.69, 9.17) is 23.2 Å². The lowest BCUT2D eigenvalue weighted by Crippen LogP contribution is -2.52. The number of hydrogen-bond donors (Lipinski definition) is 1. The molecule has 42 heavy (non-hydrogen) atoms. The number of amides is 2. The second kappa shape index (κ2) is 14.4. The summed E-state index contributed by atoms with van der Waals surface area (Å²) in [5.41, 5.74) is 3.59. The molecule has 0 aliphatic rings. The smallest absolute Gasteiger partial charge is 0.264 e. The number of rotatable bonds is 12. The van der Waals surface area contributed by atoms with Gasteiger partial charge in [0.2, 0.25) is 11.8 Å². The van der Waals surface area contributed by atoms with Gasteiger partial charge in [-0.15, -0.1) is 0 Å². The van der Waals surface area contributed by atoms with Gasteiger partial charge in [0.15, 0.2) is 0 Å². The van der Waals surface area contributed by atoms with Crippen molar-refractivity contribution in [2.24, 2.45) is 5.92 Å². The third-order valence-electron chi connectivity index (χ3n) is 7.14. The molecule has 0 aromatic heterocycles. The maximum absolute atomic E-state index is 14.2. The predicted molar refractivity (Wildman–Crippen MR) is 171 cm³/mol. The summed E-state index contributed by atoms with van der Waals surface area (Å²) < 4.78 is 29.3. The third-order valence-corrected chi connectivity index (χ3v) is 9.65. The predicted octanol–water partition coefficient (Wildman–Crippen LogP) is 6.69. The number of halogens is 2. The molecule has 0 radical (unpaired) electrons. The van der Waals surface area contributed by atoms with Crippen molar-refractivity contribution in [2.45, 2.75) is 65.4 Å². The molecule has 3 aromatic rings. The number of anilines is 1. The van der Waals surface area contributed by atoms with Crippen LogP contribution in [-0.2, 0) is 26.2 Å². The molecule has 1 N–H and O–H groups in total. The van der Waals surface area contributed by atoms with Gasteiger partial charge in [-0.25, -0.2) is 8.42 Å². The first-order valence-electron chi connectivity index (χ1n) is 13.9. The van der Waals surface area contributed by atoms with Crippen molar-refractivity contribution in [1.29, 1.82) is 0 Å². The van der Waals surface area contributed by atoms with Crippen LogP contribution in [0.15, 0.2) is 65.6 Å². The van der Waals surface area contributed by atoms with Crippen LogP contribution in [0.5, 0.6) is 0 Å². The van der Waals surface area contributed by atoms with Crippen LogP contribution in [0, 0.1) is 26.7 Å². The monoisotopic (exact) mass is 631 g/mol. The van der Waals surface area contributed by atoms with Crippen molar-refractivity contribution in [1.82, 2.24) is 10.2 Å². The highest BCUT2D eigenvalue weighted by atomic mass is 35.5. The zero-order valence-electron chi connectivity index (χ0n) is 24.9. The van der Waals surface area contributed by atoms with E-state index in [0.29, 0.717) is 34.3 Å². The highest BCUT2D eigenvalue weighted by Gasteiger charge is 2.34. The van der Waals surface area contributed by atoms with Crippen LogP contribution < -0.4 is 9.62 Å². The fourth-order valence-corrected chi connectivity index (χ4v) is 6.33. The largest absolute Gasteiger partial charge is 0.354 e. The first kappa shape index (κ1) is 33.4. The average molecular weight is 633 g/mol. The lowest BCUT2D eigenvalue weighted by Gasteiger charge is -2.34. The molecule has 0 saturated heterocycles. The number of carbonyl (C=O) groups excluding carboxylic acids is 2. The summed E-state index contributed by atoms with van der Waals surface area (Å²) in [6.07, 6.45) is 0.325. The summed E-state index contributed by atoms with van der Waals surface area (Å²) >= 11 is 12.4. The number of benzene rings is 3. The van der Waals surface area contributed by atoms with Crippen LogP contribution in [0.4, 0.5) is 5.69 Å². The summed E-state index contributed by atoms with van der Waals surface area (Å²) in [5.74, 6) is -0.617. The van der Waals surface area contributed by atoms with Crippen LogP contribution in [0.2, 0.25) is 10.0 Å². The average Bonchev–Trinajstić information content (AvgIpc) is 2.94. The van der Waals surface area contributed by atoms with E-state index in [-0.39, 0.29) is 23.3 Å². The van der Waals surface area contributed by atoms with Gasteiger partial charge in [-0.3, -0.25) is 13.9 Å². The number of sulfonamides is 1. The molecule has 3 aromatic carbocycles. The molecular formula is C32H39Cl2N3O4S. The van der Waals surface area contributed by atoms with E-state index in [0.717, 1.165) is 21.0 Å². The molecule has 1 unspecified atom stereocenters. The van der Waals surface area contributed by atoms with Crippen LogP contribution in [0.25, 0.3) is 0 Å². The number of carbonyl (C=O) groups is 2. The van der Waals surface area contributed by atoms with Crippen LogP contribution in [0.3, 0.4) is 0 Å². The van der Waals surface area contributed by atoms with Gasteiger partial charge in [-0.05, 0) is 80.1 Å². The van der Waals surface area contributed by atoms with Crippen LogP contribution >= 0.6 is 23.2 Å². The first-order valence-corrected chi connectivity index (χ1v) is 16.1. The van der Waals surface area contributed by atoms with E-state index in [1.807, 2.05) is 47.6 Å². The maximum Gasteiger partial charge on any atom is 0.264 e. The Morgan fingerprint density at radius 2 is 1.60 bits per heavy atom. The highest BCUT2D eigenvalue weighted by Crippen LogP contribution is 2.30. The van der Waals surface area contributed by atoms with Gasteiger partial charge in [-0.2, -0.15) is 0 Å². The van der Waals surface area contributed by atoms with E-state index < -0.39 is 28.5 Å². The minimum Gasteiger partial charge on any atom is -0.354 e. The Morgan fingerprint density at radius 3 is 2.19 bits per heavy atom. The van der Waals surface area contributed by atoms with E-state index in [1.165, 1.54) is 17.0 Å². The van der Waals surface area contributed by atoms with Gasteiger partial charge < -0.3 is 10.2 Å². The number of nitrogens with one attached hydrogen (secondary N) is 1. The van der Waals surface area contributed by atoms with Crippen molar-refractivity contribution in [3.63, 3.8) is 0 Å². The van der Waals surface area contributed by atoms with Crippen molar-refractivity contribution in [2.75, 3.05) is 17.4 Å². The molecule has 3 rings (SSSR count). The topological polar surface area (TPSA) is 86.8 Å². The molecule has 7 nitrogen and oxygen atoms in total. The second-order valence-corrected chi connectivity index (χ2v) is 13.6. The Hall–Kier alpha value is -3.07. The lowest BCUT2D eigenvalue weighted by molar-refractivity contribution is -0.140. The molecule has 0 saturated carbocycles. The summed E-state index contributed by atoms with van der Waals surface area (Å²) in [7, 11) is -4.15. The molecule has 2 amide bonds. The molecular weight excluding hydrogens is 593 g/mol. The Bertz CT molecular complexity index is 1530. The zero-order chi connectivity index (χ0) is 31.2. The number of hydrogen-bond acceptors (Lipinski definition) is 4. The van der Waals surface area contributed by atoms with Crippen molar-refractivity contribution in [3.05, 3.63) is 93.0 Å². The standard InChI is InChI=1S/C32H39Cl2N3O4S/c1-7-29(32(39)35-18-21(2)3)36(19-25-13-16-27(33)28(34)17-25)31(38)20-37(30-10-8-9-23(5)24(30)6)42(40,41)26-14-11-22(4)12-15-26/h8-17,21,29H,7,18-20H2,1-6H3,(H,35,39). The van der Waals surface area contributed by atoms with Crippen molar-refractivity contribution >= 4 is 50.7 Å². The Kier molecular flexibility index (Phi) is 11.5. The maximum atomic E-state index is 14.2. The molecule has 0 fully saturated rings. The van der Waals surface area contributed by atoms with Crippen LogP contribution in [0.1, 0.15) is 49.4 Å². The fraction of sp³-hybridized carbons (Fsp3) is 0.375. The molecule has 0 spiro atoms. The van der Waals surface area contributed by atoms with E-state index >= 15 is 0 Å². The third kappa shape index (κ3) is 8.06. The van der Waals surface area contributed by atoms with E-state index in [1.54, 1.807) is 42.5 Å². The summed E-state index contributed by atoms with van der Waals surface area (Å²) in [6, 6.07) is 16.0. The SMILES string of the molecule is CCC(C(=O)NCC(C)C)N(Cc1ccc(Cl)c(Cl)c1)C(=O)CN(c1cccc(C)c1C)S(=O)(=O)c1ccc(C)cc1. The molecule has 0 aliphatic carbocycles. The van der Waals surface area contributed by atoms with Gasteiger partial charge >= 0.3 is 0 Å². The lowest BCUT2D eigenvalue weighted by atomic mass is 10.1. The Labute approximate surface area is 259 Å². The van der Waals surface area contributed by atoms with Crippen molar-refractivity contribution < 1.29 is 18.0 Å². The summed E-state index contributed by atoms with van der Waals surface area (Å²) in [6.45, 7) is 11.4. The quantitative estimate of drug-likeness (QED) is 0.241. The highest BCUT2D eigenvalue weighted by molar-refractivity contribution is 7.92. The van der Waals surface area contributed by atoms with Gasteiger partial charge in [0.25, 0.3) is 10.0 Å². The fourth-order valence-electron chi connectivity index (χ4n) is 4.53. The van der Waals surface area contributed by atoms with Crippen molar-refractivity contribution in [3.8, 4) is 0 Å². The molecule has 10 heteroatoms. The summed E-state index contributed by atoms with van der Waals surface area (Å²) in [4.78, 5) is 29.1. The second-order valence-electron chi connectivity index (χ2n) is 10.9. The van der Waals surface area contributed by atoms with E-state index in [2.05, 4.69) is 5.32 Å². The molecule has 0 heterocycles. The minimum absolute atomic E-state index is 0.0363. The first-order chi connectivity index (χ1) is 19.8. The summed E-state index contributed by atoms with van der Waals surface area (Å²) in [5, 5.41) is 3.61. The Balaban J connectivity index is 2.10. The minimum atomic E-state index is -4.15. The van der Waals surface area contributed by atoms with Gasteiger partial charge in [0.05, 0.1) is 20.6 Å². The van der Waals surface area contributed by atoms with Gasteiger partial charge in [0, 0.05) is 13.1 Å². The number of nitrogens with zero attached hydrogens (tertiary/aromatic N) is 2. The normalized spacial score (nSPS) is 12.2. The molecule has 0 bridgehead atoms. The van der Waals surface area contributed by atoms with E-state index in [9.17, 15) is 18.0 Å². The van der Waals surface area contributed by atoms with Crippen LogP contribution in [-0.4, -0.2) is 44.3 Å².